The largest absolute Gasteiger partial charge is 0.463 e. The number of aromatic nitrogens is 2. The summed E-state index contributed by atoms with van der Waals surface area (Å²) in [7, 11) is 0. The average Bonchev–Trinajstić information content (AvgIpc) is 3.17. The molecule has 0 N–H and O–H groups in total. The molecule has 0 aliphatic rings. The molecular formula is C17H19N3OS. The number of rotatable bonds is 5. The highest BCUT2D eigenvalue weighted by Crippen LogP contribution is 2.26. The third kappa shape index (κ3) is 3.04. The van der Waals surface area contributed by atoms with E-state index in [2.05, 4.69) is 28.8 Å². The number of pyridine rings is 1. The molecule has 0 saturated carbocycles. The van der Waals surface area contributed by atoms with Gasteiger partial charge >= 0.3 is 0 Å². The molecule has 0 aliphatic heterocycles. The van der Waals surface area contributed by atoms with Gasteiger partial charge in [-0.15, -0.1) is 11.3 Å². The van der Waals surface area contributed by atoms with Crippen molar-refractivity contribution < 1.29 is 4.42 Å². The molecule has 3 rings (SSSR count). The number of furan rings is 1. The summed E-state index contributed by atoms with van der Waals surface area (Å²) in [6.45, 7) is 4.43. The Bertz CT molecular complexity index is 772. The maximum absolute atomic E-state index is 5.58. The molecular weight excluding hydrogens is 294 g/mol. The van der Waals surface area contributed by atoms with Crippen LogP contribution in [0.2, 0.25) is 0 Å². The zero-order valence-electron chi connectivity index (χ0n) is 12.8. The van der Waals surface area contributed by atoms with Crippen LogP contribution in [-0.2, 0) is 0 Å². The van der Waals surface area contributed by atoms with Gasteiger partial charge in [0.15, 0.2) is 10.6 Å². The Morgan fingerprint density at radius 1 is 1.36 bits per heavy atom. The second-order valence-electron chi connectivity index (χ2n) is 5.21. The number of thiazole rings is 1. The van der Waals surface area contributed by atoms with Gasteiger partial charge in [0.05, 0.1) is 23.8 Å². The fourth-order valence-electron chi connectivity index (χ4n) is 2.51. The minimum Gasteiger partial charge on any atom is -0.463 e. The van der Waals surface area contributed by atoms with Crippen LogP contribution in [-0.4, -0.2) is 9.55 Å². The first-order chi connectivity index (χ1) is 10.8. The maximum atomic E-state index is 5.58. The van der Waals surface area contributed by atoms with Gasteiger partial charge in [-0.3, -0.25) is 4.98 Å². The summed E-state index contributed by atoms with van der Waals surface area (Å²) in [5, 5.41) is 2.11. The summed E-state index contributed by atoms with van der Waals surface area (Å²) in [4.78, 5) is 9.86. The molecule has 4 nitrogen and oxygen atoms in total. The van der Waals surface area contributed by atoms with Gasteiger partial charge in [0, 0.05) is 17.6 Å². The molecule has 3 heterocycles. The Morgan fingerprint density at radius 2 is 2.27 bits per heavy atom. The lowest BCUT2D eigenvalue weighted by Crippen LogP contribution is -2.19. The van der Waals surface area contributed by atoms with Crippen LogP contribution in [0.25, 0.3) is 11.5 Å². The molecule has 0 aromatic carbocycles. The Morgan fingerprint density at radius 3 is 2.95 bits per heavy atom. The summed E-state index contributed by atoms with van der Waals surface area (Å²) in [6, 6.07) is 8.14. The molecule has 3 aromatic heterocycles. The fourth-order valence-corrected chi connectivity index (χ4v) is 3.51. The monoisotopic (exact) mass is 313 g/mol. The van der Waals surface area contributed by atoms with Crippen LogP contribution in [0.4, 0.5) is 5.69 Å². The first kappa shape index (κ1) is 14.8. The van der Waals surface area contributed by atoms with Gasteiger partial charge < -0.3 is 8.98 Å². The highest BCUT2D eigenvalue weighted by molar-refractivity contribution is 7.07. The van der Waals surface area contributed by atoms with Gasteiger partial charge in [-0.25, -0.2) is 4.99 Å². The summed E-state index contributed by atoms with van der Waals surface area (Å²) < 4.78 is 7.85. The van der Waals surface area contributed by atoms with Crippen LogP contribution < -0.4 is 4.80 Å². The molecule has 5 heteroatoms. The van der Waals surface area contributed by atoms with E-state index in [4.69, 9.17) is 9.41 Å². The lowest BCUT2D eigenvalue weighted by molar-refractivity contribution is 0.485. The van der Waals surface area contributed by atoms with Gasteiger partial charge in [-0.2, -0.15) is 0 Å². The highest BCUT2D eigenvalue weighted by Gasteiger charge is 2.15. The van der Waals surface area contributed by atoms with Crippen molar-refractivity contribution in [3.8, 4) is 11.5 Å². The Labute approximate surface area is 133 Å². The van der Waals surface area contributed by atoms with Crippen molar-refractivity contribution in [2.75, 3.05) is 0 Å². The van der Waals surface area contributed by atoms with E-state index in [1.807, 2.05) is 24.3 Å². The van der Waals surface area contributed by atoms with Gasteiger partial charge in [0.2, 0.25) is 0 Å². The van der Waals surface area contributed by atoms with Crippen molar-refractivity contribution in [2.45, 2.75) is 32.7 Å². The van der Waals surface area contributed by atoms with Crippen molar-refractivity contribution in [3.05, 3.63) is 53.1 Å². The third-order valence-corrected chi connectivity index (χ3v) is 4.37. The van der Waals surface area contributed by atoms with E-state index in [0.717, 1.165) is 34.8 Å². The van der Waals surface area contributed by atoms with Crippen molar-refractivity contribution in [2.24, 2.45) is 4.99 Å². The van der Waals surface area contributed by atoms with Crippen LogP contribution in [0.15, 0.2) is 57.7 Å². The highest BCUT2D eigenvalue weighted by atomic mass is 32.1. The first-order valence-corrected chi connectivity index (χ1v) is 8.36. The minimum absolute atomic E-state index is 0.367. The number of hydrogen-bond acceptors (Lipinski definition) is 4. The quantitative estimate of drug-likeness (QED) is 0.679. The van der Waals surface area contributed by atoms with Crippen LogP contribution in [0.5, 0.6) is 0 Å². The standard InChI is InChI=1S/C17H19N3OS/c1-3-6-13(2)20-15(16-8-5-10-21-16)12-22-17(20)19-14-7-4-9-18-11-14/h4-5,7-13H,3,6H2,1-2H3. The molecule has 22 heavy (non-hydrogen) atoms. The molecule has 0 bridgehead atoms. The summed E-state index contributed by atoms with van der Waals surface area (Å²) in [5.74, 6) is 0.881. The smallest absolute Gasteiger partial charge is 0.190 e. The van der Waals surface area contributed by atoms with Crippen LogP contribution in [0.3, 0.4) is 0 Å². The molecule has 0 radical (unpaired) electrons. The lowest BCUT2D eigenvalue weighted by atomic mass is 10.2. The fraction of sp³-hybridized carbons (Fsp3) is 0.294. The van der Waals surface area contributed by atoms with E-state index in [1.165, 1.54) is 0 Å². The first-order valence-electron chi connectivity index (χ1n) is 7.48. The lowest BCUT2D eigenvalue weighted by Gasteiger charge is -2.15. The zero-order valence-corrected chi connectivity index (χ0v) is 13.6. The van der Waals surface area contributed by atoms with E-state index >= 15 is 0 Å². The molecule has 0 fully saturated rings. The second-order valence-corrected chi connectivity index (χ2v) is 6.05. The maximum Gasteiger partial charge on any atom is 0.190 e. The van der Waals surface area contributed by atoms with E-state index in [0.29, 0.717) is 6.04 Å². The van der Waals surface area contributed by atoms with Crippen LogP contribution in [0, 0.1) is 0 Å². The third-order valence-electron chi connectivity index (χ3n) is 3.53. The predicted octanol–water partition coefficient (Wildman–Crippen LogP) is 4.80. The molecule has 0 spiro atoms. The van der Waals surface area contributed by atoms with Gasteiger partial charge in [-0.1, -0.05) is 13.3 Å². The minimum atomic E-state index is 0.367. The van der Waals surface area contributed by atoms with E-state index in [1.54, 1.807) is 30.0 Å². The van der Waals surface area contributed by atoms with Gasteiger partial charge in [-0.05, 0) is 37.6 Å². The molecule has 3 aromatic rings. The molecule has 0 aliphatic carbocycles. The summed E-state index contributed by atoms with van der Waals surface area (Å²) in [6.07, 6.45) is 7.48. The van der Waals surface area contributed by atoms with Crippen molar-refractivity contribution in [1.29, 1.82) is 0 Å². The zero-order chi connectivity index (χ0) is 15.4. The second kappa shape index (κ2) is 6.75. The van der Waals surface area contributed by atoms with E-state index < -0.39 is 0 Å². The van der Waals surface area contributed by atoms with Gasteiger partial charge in [0.1, 0.15) is 0 Å². The summed E-state index contributed by atoms with van der Waals surface area (Å²) >= 11 is 1.63. The average molecular weight is 313 g/mol. The van der Waals surface area contributed by atoms with Crippen LogP contribution >= 0.6 is 11.3 Å². The van der Waals surface area contributed by atoms with Crippen molar-refractivity contribution >= 4 is 17.0 Å². The summed E-state index contributed by atoms with van der Waals surface area (Å²) in [5.41, 5.74) is 1.95. The molecule has 0 amide bonds. The SMILES string of the molecule is CCCC(C)n1c(-c2ccco2)csc1=Nc1cccnc1. The molecule has 1 atom stereocenters. The normalized spacial score (nSPS) is 13.5. The van der Waals surface area contributed by atoms with E-state index in [9.17, 15) is 0 Å². The van der Waals surface area contributed by atoms with Crippen molar-refractivity contribution in [1.82, 2.24) is 9.55 Å². The predicted molar refractivity (Wildman–Crippen MR) is 89.1 cm³/mol. The number of nitrogens with zero attached hydrogens (tertiary/aromatic N) is 3. The van der Waals surface area contributed by atoms with Crippen molar-refractivity contribution in [3.63, 3.8) is 0 Å². The molecule has 1 unspecified atom stereocenters. The van der Waals surface area contributed by atoms with E-state index in [-0.39, 0.29) is 0 Å². The Balaban J connectivity index is 2.13. The Hall–Kier alpha value is -2.14. The van der Waals surface area contributed by atoms with Gasteiger partial charge in [0.25, 0.3) is 0 Å². The molecule has 0 saturated heterocycles. The topological polar surface area (TPSA) is 43.3 Å². The number of hydrogen-bond donors (Lipinski definition) is 0. The van der Waals surface area contributed by atoms with Crippen LogP contribution in [0.1, 0.15) is 32.7 Å². The molecule has 114 valence electrons. The Kier molecular flexibility index (Phi) is 4.53.